The number of alkyl halides is 1. The largest absolute Gasteiger partial charge is 0.347 e. The zero-order chi connectivity index (χ0) is 8.81. The maximum absolute atomic E-state index is 6.09. The first-order valence-corrected chi connectivity index (χ1v) is 4.91. The van der Waals surface area contributed by atoms with Crippen molar-refractivity contribution in [1.29, 1.82) is 0 Å². The summed E-state index contributed by atoms with van der Waals surface area (Å²) < 4.78 is 0. The van der Waals surface area contributed by atoms with Gasteiger partial charge in [0.05, 0.1) is 5.38 Å². The van der Waals surface area contributed by atoms with Gasteiger partial charge in [0.15, 0.2) is 0 Å². The highest BCUT2D eigenvalue weighted by atomic mass is 35.5. The molecule has 0 amide bonds. The molecule has 1 atom stereocenters. The fraction of sp³-hybridized carbons (Fsp3) is 0.667. The third-order valence-electron chi connectivity index (χ3n) is 1.88. The highest BCUT2D eigenvalue weighted by molar-refractivity contribution is 6.20. The van der Waals surface area contributed by atoms with Crippen LogP contribution in [0.1, 0.15) is 43.8 Å². The molecule has 1 unspecified atom stereocenters. The molecule has 0 spiro atoms. The van der Waals surface area contributed by atoms with Crippen molar-refractivity contribution in [2.75, 3.05) is 0 Å². The zero-order valence-electron chi connectivity index (χ0n) is 7.39. The SMILES string of the molecule is CCCCCC(Cl)c1ncc[nH]1. The zero-order valence-corrected chi connectivity index (χ0v) is 8.14. The van der Waals surface area contributed by atoms with E-state index in [-0.39, 0.29) is 5.38 Å². The summed E-state index contributed by atoms with van der Waals surface area (Å²) in [4.78, 5) is 7.13. The van der Waals surface area contributed by atoms with E-state index in [0.29, 0.717) is 0 Å². The number of nitrogens with one attached hydrogen (secondary N) is 1. The van der Waals surface area contributed by atoms with Gasteiger partial charge < -0.3 is 4.98 Å². The van der Waals surface area contributed by atoms with E-state index < -0.39 is 0 Å². The fourth-order valence-corrected chi connectivity index (χ4v) is 1.43. The van der Waals surface area contributed by atoms with E-state index >= 15 is 0 Å². The summed E-state index contributed by atoms with van der Waals surface area (Å²) in [6.07, 6.45) is 8.25. The van der Waals surface area contributed by atoms with E-state index in [2.05, 4.69) is 16.9 Å². The van der Waals surface area contributed by atoms with Gasteiger partial charge in [-0.25, -0.2) is 4.98 Å². The third-order valence-corrected chi connectivity index (χ3v) is 2.30. The number of hydrogen-bond acceptors (Lipinski definition) is 1. The van der Waals surface area contributed by atoms with E-state index in [0.717, 1.165) is 12.2 Å². The molecule has 0 saturated carbocycles. The van der Waals surface area contributed by atoms with Crippen LogP contribution in [0.3, 0.4) is 0 Å². The lowest BCUT2D eigenvalue weighted by molar-refractivity contribution is 0.642. The van der Waals surface area contributed by atoms with Gasteiger partial charge in [-0.15, -0.1) is 11.6 Å². The van der Waals surface area contributed by atoms with Crippen LogP contribution < -0.4 is 0 Å². The van der Waals surface area contributed by atoms with Crippen LogP contribution >= 0.6 is 11.6 Å². The number of rotatable bonds is 5. The Morgan fingerprint density at radius 2 is 2.42 bits per heavy atom. The molecular weight excluding hydrogens is 172 g/mol. The molecule has 1 aromatic heterocycles. The Hall–Kier alpha value is -0.500. The van der Waals surface area contributed by atoms with E-state index in [1.54, 1.807) is 6.20 Å². The van der Waals surface area contributed by atoms with Crippen molar-refractivity contribution >= 4 is 11.6 Å². The summed E-state index contributed by atoms with van der Waals surface area (Å²) in [5.41, 5.74) is 0. The molecular formula is C9H15ClN2. The second-order valence-corrected chi connectivity index (χ2v) is 3.46. The van der Waals surface area contributed by atoms with E-state index in [4.69, 9.17) is 11.6 Å². The Morgan fingerprint density at radius 3 is 3.00 bits per heavy atom. The van der Waals surface area contributed by atoms with Crippen molar-refractivity contribution in [2.24, 2.45) is 0 Å². The predicted octanol–water partition coefficient (Wildman–Crippen LogP) is 3.27. The van der Waals surface area contributed by atoms with Crippen molar-refractivity contribution < 1.29 is 0 Å². The molecule has 0 aliphatic rings. The standard InChI is InChI=1S/C9H15ClN2/c1-2-3-4-5-8(10)9-11-6-7-12-9/h6-8H,2-5H2,1H3,(H,11,12). The van der Waals surface area contributed by atoms with E-state index in [1.807, 2.05) is 6.20 Å². The smallest absolute Gasteiger partial charge is 0.124 e. The average Bonchev–Trinajstić information content (AvgIpc) is 2.56. The molecule has 0 bridgehead atoms. The normalized spacial score (nSPS) is 13.2. The Balaban J connectivity index is 2.25. The minimum atomic E-state index is 0.0616. The Morgan fingerprint density at radius 1 is 1.58 bits per heavy atom. The minimum absolute atomic E-state index is 0.0616. The molecule has 1 rings (SSSR count). The lowest BCUT2D eigenvalue weighted by Crippen LogP contribution is -1.92. The number of aromatic nitrogens is 2. The maximum Gasteiger partial charge on any atom is 0.124 e. The van der Waals surface area contributed by atoms with Crippen molar-refractivity contribution in [1.82, 2.24) is 9.97 Å². The van der Waals surface area contributed by atoms with Gasteiger partial charge in [-0.2, -0.15) is 0 Å². The van der Waals surface area contributed by atoms with Gasteiger partial charge in [0.25, 0.3) is 0 Å². The first-order chi connectivity index (χ1) is 5.84. The lowest BCUT2D eigenvalue weighted by atomic mass is 10.1. The van der Waals surface area contributed by atoms with Gasteiger partial charge in [-0.1, -0.05) is 26.2 Å². The van der Waals surface area contributed by atoms with Crippen LogP contribution in [0.5, 0.6) is 0 Å². The lowest BCUT2D eigenvalue weighted by Gasteiger charge is -2.04. The van der Waals surface area contributed by atoms with Crippen molar-refractivity contribution in [2.45, 2.75) is 38.0 Å². The van der Waals surface area contributed by atoms with Gasteiger partial charge >= 0.3 is 0 Å². The summed E-state index contributed by atoms with van der Waals surface area (Å²) in [6, 6.07) is 0. The van der Waals surface area contributed by atoms with Crippen LogP contribution in [0.4, 0.5) is 0 Å². The number of H-pyrrole nitrogens is 1. The van der Waals surface area contributed by atoms with Crippen LogP contribution in [0.15, 0.2) is 12.4 Å². The molecule has 1 N–H and O–H groups in total. The van der Waals surface area contributed by atoms with E-state index in [1.165, 1.54) is 19.3 Å². The average molecular weight is 187 g/mol. The summed E-state index contributed by atoms with van der Waals surface area (Å²) in [7, 11) is 0. The third kappa shape index (κ3) is 2.86. The van der Waals surface area contributed by atoms with Crippen LogP contribution in [0.2, 0.25) is 0 Å². The minimum Gasteiger partial charge on any atom is -0.347 e. The highest BCUT2D eigenvalue weighted by Gasteiger charge is 2.08. The second-order valence-electron chi connectivity index (χ2n) is 2.94. The topological polar surface area (TPSA) is 28.7 Å². The molecule has 1 aromatic rings. The second kappa shape index (κ2) is 5.20. The van der Waals surface area contributed by atoms with Gasteiger partial charge in [0.1, 0.15) is 5.82 Å². The van der Waals surface area contributed by atoms with Gasteiger partial charge in [0, 0.05) is 12.4 Å². The summed E-state index contributed by atoms with van der Waals surface area (Å²) in [6.45, 7) is 2.19. The maximum atomic E-state index is 6.09. The number of halogens is 1. The molecule has 12 heavy (non-hydrogen) atoms. The molecule has 1 heterocycles. The number of aromatic amines is 1. The first-order valence-electron chi connectivity index (χ1n) is 4.48. The number of imidazole rings is 1. The number of nitrogens with zero attached hydrogens (tertiary/aromatic N) is 1. The molecule has 0 aliphatic carbocycles. The molecule has 68 valence electrons. The quantitative estimate of drug-likeness (QED) is 0.555. The molecule has 0 saturated heterocycles. The fourth-order valence-electron chi connectivity index (χ4n) is 1.16. The molecule has 0 fully saturated rings. The predicted molar refractivity (Wildman–Crippen MR) is 51.3 cm³/mol. The Labute approximate surface area is 78.4 Å². The first kappa shape index (κ1) is 9.59. The van der Waals surface area contributed by atoms with Gasteiger partial charge in [-0.05, 0) is 6.42 Å². The summed E-state index contributed by atoms with van der Waals surface area (Å²) in [5, 5.41) is 0.0616. The van der Waals surface area contributed by atoms with Crippen LogP contribution in [0.25, 0.3) is 0 Å². The summed E-state index contributed by atoms with van der Waals surface area (Å²) in [5.74, 6) is 0.896. The van der Waals surface area contributed by atoms with Crippen molar-refractivity contribution in [3.63, 3.8) is 0 Å². The van der Waals surface area contributed by atoms with Crippen molar-refractivity contribution in [3.05, 3.63) is 18.2 Å². The Bertz CT molecular complexity index is 196. The van der Waals surface area contributed by atoms with E-state index in [9.17, 15) is 0 Å². The van der Waals surface area contributed by atoms with Gasteiger partial charge in [0.2, 0.25) is 0 Å². The number of hydrogen-bond donors (Lipinski definition) is 1. The molecule has 3 heteroatoms. The van der Waals surface area contributed by atoms with Crippen molar-refractivity contribution in [3.8, 4) is 0 Å². The van der Waals surface area contributed by atoms with Gasteiger partial charge in [-0.3, -0.25) is 0 Å². The Kier molecular flexibility index (Phi) is 4.15. The van der Waals surface area contributed by atoms with Crippen LogP contribution in [-0.2, 0) is 0 Å². The molecule has 2 nitrogen and oxygen atoms in total. The van der Waals surface area contributed by atoms with Crippen LogP contribution in [0, 0.1) is 0 Å². The highest BCUT2D eigenvalue weighted by Crippen LogP contribution is 2.22. The molecule has 0 radical (unpaired) electrons. The monoisotopic (exact) mass is 186 g/mol. The number of unbranched alkanes of at least 4 members (excludes halogenated alkanes) is 2. The van der Waals surface area contributed by atoms with Crippen LogP contribution in [-0.4, -0.2) is 9.97 Å². The molecule has 0 aromatic carbocycles. The summed E-state index contributed by atoms with van der Waals surface area (Å²) >= 11 is 6.09. The molecule has 0 aliphatic heterocycles.